The van der Waals surface area contributed by atoms with E-state index >= 15 is 0 Å². The number of benzene rings is 1. The Morgan fingerprint density at radius 1 is 1.14 bits per heavy atom. The molecule has 1 saturated carbocycles. The number of hydrogen-bond donors (Lipinski definition) is 1. The maximum atomic E-state index is 12.6. The molecule has 0 radical (unpaired) electrons. The third kappa shape index (κ3) is 2.91. The molecule has 0 saturated heterocycles. The Labute approximate surface area is 131 Å². The number of hydrogen-bond acceptors (Lipinski definition) is 2. The van der Waals surface area contributed by atoms with Gasteiger partial charge in [-0.2, -0.15) is 5.10 Å². The molecule has 2 aromatic rings. The van der Waals surface area contributed by atoms with Gasteiger partial charge in [0.25, 0.3) is 5.91 Å². The summed E-state index contributed by atoms with van der Waals surface area (Å²) in [4.78, 5) is 12.6. The Morgan fingerprint density at radius 2 is 1.82 bits per heavy atom. The second-order valence-corrected chi connectivity index (χ2v) is 6.10. The largest absolute Gasteiger partial charge is 0.349 e. The van der Waals surface area contributed by atoms with Crippen LogP contribution in [0.15, 0.2) is 30.3 Å². The van der Waals surface area contributed by atoms with Crippen molar-refractivity contribution in [3.63, 3.8) is 0 Å². The molecule has 1 aromatic carbocycles. The molecule has 4 nitrogen and oxygen atoms in total. The minimum absolute atomic E-state index is 0.0177. The average Bonchev–Trinajstić information content (AvgIpc) is 2.84. The summed E-state index contributed by atoms with van der Waals surface area (Å²) in [7, 11) is 0. The van der Waals surface area contributed by atoms with Crippen molar-refractivity contribution in [3.05, 3.63) is 47.3 Å². The third-order valence-corrected chi connectivity index (χ3v) is 4.46. The number of rotatable bonds is 3. The lowest BCUT2D eigenvalue weighted by atomic mass is 9.95. The molecule has 1 aromatic heterocycles. The highest BCUT2D eigenvalue weighted by Gasteiger charge is 2.22. The Kier molecular flexibility index (Phi) is 4.27. The van der Waals surface area contributed by atoms with E-state index in [4.69, 9.17) is 0 Å². The van der Waals surface area contributed by atoms with Gasteiger partial charge in [-0.15, -0.1) is 0 Å². The fourth-order valence-corrected chi connectivity index (χ4v) is 3.30. The smallest absolute Gasteiger partial charge is 0.255 e. The van der Waals surface area contributed by atoms with Crippen molar-refractivity contribution in [2.45, 2.75) is 52.0 Å². The fourth-order valence-electron chi connectivity index (χ4n) is 3.30. The summed E-state index contributed by atoms with van der Waals surface area (Å²) in [5, 5.41) is 7.74. The average molecular weight is 297 g/mol. The van der Waals surface area contributed by atoms with E-state index in [0.29, 0.717) is 6.04 Å². The summed E-state index contributed by atoms with van der Waals surface area (Å²) in [6, 6.07) is 10.3. The number of aryl methyl sites for hydroxylation is 1. The van der Waals surface area contributed by atoms with Crippen molar-refractivity contribution < 1.29 is 4.79 Å². The molecule has 0 bridgehead atoms. The van der Waals surface area contributed by atoms with Gasteiger partial charge in [-0.05, 0) is 38.8 Å². The van der Waals surface area contributed by atoms with Crippen molar-refractivity contribution >= 4 is 5.91 Å². The third-order valence-electron chi connectivity index (χ3n) is 4.46. The van der Waals surface area contributed by atoms with Gasteiger partial charge in [-0.1, -0.05) is 37.5 Å². The first-order valence-electron chi connectivity index (χ1n) is 8.09. The van der Waals surface area contributed by atoms with Crippen LogP contribution >= 0.6 is 0 Å². The highest BCUT2D eigenvalue weighted by Crippen LogP contribution is 2.21. The summed E-state index contributed by atoms with van der Waals surface area (Å²) in [6.45, 7) is 3.87. The van der Waals surface area contributed by atoms with Crippen molar-refractivity contribution in [3.8, 4) is 5.69 Å². The van der Waals surface area contributed by atoms with Crippen LogP contribution in [0.1, 0.15) is 53.8 Å². The van der Waals surface area contributed by atoms with E-state index < -0.39 is 0 Å². The van der Waals surface area contributed by atoms with Gasteiger partial charge in [0, 0.05) is 6.04 Å². The molecule has 116 valence electrons. The number of nitrogens with one attached hydrogen (secondary N) is 1. The molecule has 1 aliphatic carbocycles. The van der Waals surface area contributed by atoms with Gasteiger partial charge in [-0.25, -0.2) is 4.68 Å². The monoisotopic (exact) mass is 297 g/mol. The molecule has 1 amide bonds. The van der Waals surface area contributed by atoms with E-state index in [-0.39, 0.29) is 5.91 Å². The first-order chi connectivity index (χ1) is 10.7. The maximum absolute atomic E-state index is 12.6. The standard InChI is InChI=1S/C18H23N3O/c1-13-17(18(22)19-15-9-5-3-6-10-15)14(2)21(20-13)16-11-7-4-8-12-16/h4,7-8,11-12,15H,3,5-6,9-10H2,1-2H3,(H,19,22). The molecule has 0 spiro atoms. The molecule has 4 heteroatoms. The lowest BCUT2D eigenvalue weighted by Crippen LogP contribution is -2.36. The minimum Gasteiger partial charge on any atom is -0.349 e. The van der Waals surface area contributed by atoms with Gasteiger partial charge in [-0.3, -0.25) is 4.79 Å². The number of nitrogens with zero attached hydrogens (tertiary/aromatic N) is 2. The molecule has 1 aliphatic rings. The molecule has 1 fully saturated rings. The summed E-state index contributed by atoms with van der Waals surface area (Å²) < 4.78 is 1.85. The molecule has 0 unspecified atom stereocenters. The van der Waals surface area contributed by atoms with Crippen LogP contribution in [0.2, 0.25) is 0 Å². The lowest BCUT2D eigenvalue weighted by Gasteiger charge is -2.22. The number of carbonyl (C=O) groups excluding carboxylic acids is 1. The fraction of sp³-hybridized carbons (Fsp3) is 0.444. The summed E-state index contributed by atoms with van der Waals surface area (Å²) >= 11 is 0. The zero-order chi connectivity index (χ0) is 15.5. The van der Waals surface area contributed by atoms with Crippen molar-refractivity contribution in [2.75, 3.05) is 0 Å². The van der Waals surface area contributed by atoms with Crippen LogP contribution in [0, 0.1) is 13.8 Å². The predicted molar refractivity (Wildman–Crippen MR) is 87.4 cm³/mol. The highest BCUT2D eigenvalue weighted by molar-refractivity contribution is 5.96. The van der Waals surface area contributed by atoms with Crippen LogP contribution in [0.4, 0.5) is 0 Å². The first kappa shape index (κ1) is 14.8. The topological polar surface area (TPSA) is 46.9 Å². The van der Waals surface area contributed by atoms with Gasteiger partial charge in [0.2, 0.25) is 0 Å². The molecule has 3 rings (SSSR count). The Balaban J connectivity index is 1.84. The van der Waals surface area contributed by atoms with E-state index in [0.717, 1.165) is 35.5 Å². The van der Waals surface area contributed by atoms with Crippen LogP contribution in [0.25, 0.3) is 5.69 Å². The number of para-hydroxylation sites is 1. The number of carbonyl (C=O) groups is 1. The SMILES string of the molecule is Cc1nn(-c2ccccc2)c(C)c1C(=O)NC1CCCCC1. The van der Waals surface area contributed by atoms with E-state index in [9.17, 15) is 4.79 Å². The Hall–Kier alpha value is -2.10. The molecule has 22 heavy (non-hydrogen) atoms. The molecule has 1 N–H and O–H groups in total. The van der Waals surface area contributed by atoms with E-state index in [1.807, 2.05) is 48.9 Å². The van der Waals surface area contributed by atoms with Crippen molar-refractivity contribution in [1.29, 1.82) is 0 Å². The summed E-state index contributed by atoms with van der Waals surface area (Å²) in [5.74, 6) is 0.0177. The van der Waals surface area contributed by atoms with Gasteiger partial charge < -0.3 is 5.32 Å². The van der Waals surface area contributed by atoms with Crippen molar-refractivity contribution in [1.82, 2.24) is 15.1 Å². The second kappa shape index (κ2) is 6.34. The van der Waals surface area contributed by atoms with Gasteiger partial charge in [0.1, 0.15) is 0 Å². The second-order valence-electron chi connectivity index (χ2n) is 6.10. The quantitative estimate of drug-likeness (QED) is 0.941. The van der Waals surface area contributed by atoms with Crippen LogP contribution in [-0.2, 0) is 0 Å². The van der Waals surface area contributed by atoms with Crippen molar-refractivity contribution in [2.24, 2.45) is 0 Å². The first-order valence-corrected chi connectivity index (χ1v) is 8.09. The van der Waals surface area contributed by atoms with E-state index in [1.165, 1.54) is 19.3 Å². The summed E-state index contributed by atoms with van der Waals surface area (Å²) in [6.07, 6.45) is 5.90. The summed E-state index contributed by atoms with van der Waals surface area (Å²) in [5.41, 5.74) is 3.39. The van der Waals surface area contributed by atoms with Crippen LogP contribution in [0.5, 0.6) is 0 Å². The molecule has 0 atom stereocenters. The van der Waals surface area contributed by atoms with Crippen LogP contribution in [-0.4, -0.2) is 21.7 Å². The zero-order valence-corrected chi connectivity index (χ0v) is 13.3. The predicted octanol–water partition coefficient (Wildman–Crippen LogP) is 3.55. The molecule has 1 heterocycles. The molecular weight excluding hydrogens is 274 g/mol. The highest BCUT2D eigenvalue weighted by atomic mass is 16.1. The normalized spacial score (nSPS) is 15.7. The Morgan fingerprint density at radius 3 is 2.50 bits per heavy atom. The number of aromatic nitrogens is 2. The van der Waals surface area contributed by atoms with E-state index in [2.05, 4.69) is 10.4 Å². The lowest BCUT2D eigenvalue weighted by molar-refractivity contribution is 0.0926. The maximum Gasteiger partial charge on any atom is 0.255 e. The molecular formula is C18H23N3O. The van der Waals surface area contributed by atoms with Crippen LogP contribution < -0.4 is 5.32 Å². The van der Waals surface area contributed by atoms with Crippen LogP contribution in [0.3, 0.4) is 0 Å². The van der Waals surface area contributed by atoms with Gasteiger partial charge >= 0.3 is 0 Å². The van der Waals surface area contributed by atoms with E-state index in [1.54, 1.807) is 0 Å². The minimum atomic E-state index is 0.0177. The zero-order valence-electron chi connectivity index (χ0n) is 13.3. The number of amides is 1. The Bertz CT molecular complexity index is 654. The van der Waals surface area contributed by atoms with Gasteiger partial charge in [0.15, 0.2) is 0 Å². The van der Waals surface area contributed by atoms with Gasteiger partial charge in [0.05, 0.1) is 22.6 Å². The molecule has 0 aliphatic heterocycles.